The highest BCUT2D eigenvalue weighted by atomic mass is 16.5. The zero-order valence-electron chi connectivity index (χ0n) is 16.6. The van der Waals surface area contributed by atoms with Gasteiger partial charge in [-0.3, -0.25) is 9.59 Å². The van der Waals surface area contributed by atoms with Gasteiger partial charge in [-0.1, -0.05) is 33.1 Å². The number of hydrogen-bond donors (Lipinski definition) is 1. The van der Waals surface area contributed by atoms with E-state index in [1.54, 1.807) is 38.8 Å². The number of carbonyl (C=O) groups is 3. The molecule has 1 aromatic heterocycles. The van der Waals surface area contributed by atoms with E-state index in [1.165, 1.54) is 18.8 Å². The first-order chi connectivity index (χ1) is 12.8. The molecule has 150 valence electrons. The molecule has 1 aliphatic rings. The quantitative estimate of drug-likeness (QED) is 0.737. The van der Waals surface area contributed by atoms with Crippen LogP contribution in [0.3, 0.4) is 0 Å². The number of nitrogens with zero attached hydrogens (tertiary/aromatic N) is 1. The molecular weight excluding hydrogens is 348 g/mol. The molecule has 2 amide bonds. The molecule has 0 aromatic carbocycles. The molecule has 27 heavy (non-hydrogen) atoms. The van der Waals surface area contributed by atoms with Gasteiger partial charge in [0, 0.05) is 13.1 Å². The van der Waals surface area contributed by atoms with Crippen molar-refractivity contribution in [1.29, 1.82) is 0 Å². The number of esters is 1. The van der Waals surface area contributed by atoms with Gasteiger partial charge >= 0.3 is 5.97 Å². The lowest BCUT2D eigenvalue weighted by molar-refractivity contribution is -0.162. The Morgan fingerprint density at radius 3 is 2.41 bits per heavy atom. The standard InChI is InChI=1S/C20H30N2O5/c1-13(2)17(21-18(23)16-11-8-12-26-16)20(25)27-14(3)19(24)22(4)15-9-6-5-7-10-15/h8,11-15,17H,5-7,9-10H2,1-4H3,(H,21,23)/t14-,17-/m0/s1. The zero-order chi connectivity index (χ0) is 20.0. The molecule has 7 heteroatoms. The van der Waals surface area contributed by atoms with Crippen molar-refractivity contribution in [1.82, 2.24) is 10.2 Å². The van der Waals surface area contributed by atoms with Crippen LogP contribution in [-0.4, -0.2) is 47.9 Å². The van der Waals surface area contributed by atoms with E-state index in [0.29, 0.717) is 0 Å². The summed E-state index contributed by atoms with van der Waals surface area (Å²) in [7, 11) is 1.77. The third-order valence-electron chi connectivity index (χ3n) is 5.06. The molecule has 2 atom stereocenters. The number of amides is 2. The Labute approximate surface area is 160 Å². The molecule has 0 unspecified atom stereocenters. The van der Waals surface area contributed by atoms with Crippen LogP contribution in [0.15, 0.2) is 22.8 Å². The van der Waals surface area contributed by atoms with Crippen molar-refractivity contribution >= 4 is 17.8 Å². The van der Waals surface area contributed by atoms with Gasteiger partial charge in [-0.25, -0.2) is 4.79 Å². The Hall–Kier alpha value is -2.31. The van der Waals surface area contributed by atoms with E-state index < -0.39 is 24.0 Å². The van der Waals surface area contributed by atoms with E-state index in [4.69, 9.17) is 9.15 Å². The first kappa shape index (κ1) is 21.0. The maximum Gasteiger partial charge on any atom is 0.329 e. The van der Waals surface area contributed by atoms with Crippen LogP contribution >= 0.6 is 0 Å². The van der Waals surface area contributed by atoms with Crippen LogP contribution in [0.2, 0.25) is 0 Å². The van der Waals surface area contributed by atoms with Crippen molar-refractivity contribution in [2.75, 3.05) is 7.05 Å². The van der Waals surface area contributed by atoms with Crippen LogP contribution in [0.5, 0.6) is 0 Å². The van der Waals surface area contributed by atoms with Gasteiger partial charge in [0.15, 0.2) is 11.9 Å². The Bertz CT molecular complexity index is 635. The Morgan fingerprint density at radius 2 is 1.85 bits per heavy atom. The smallest absolute Gasteiger partial charge is 0.329 e. The minimum absolute atomic E-state index is 0.120. The van der Waals surface area contributed by atoms with E-state index in [1.807, 2.05) is 0 Å². The van der Waals surface area contributed by atoms with Crippen LogP contribution < -0.4 is 5.32 Å². The van der Waals surface area contributed by atoms with Crippen LogP contribution in [0.1, 0.15) is 63.4 Å². The summed E-state index contributed by atoms with van der Waals surface area (Å²) >= 11 is 0. The van der Waals surface area contributed by atoms with Crippen LogP contribution in [-0.2, 0) is 14.3 Å². The van der Waals surface area contributed by atoms with Gasteiger partial charge in [0.1, 0.15) is 6.04 Å². The van der Waals surface area contributed by atoms with Crippen molar-refractivity contribution in [2.24, 2.45) is 5.92 Å². The number of nitrogens with one attached hydrogen (secondary N) is 1. The fraction of sp³-hybridized carbons (Fsp3) is 0.650. The van der Waals surface area contributed by atoms with Gasteiger partial charge in [0.25, 0.3) is 11.8 Å². The van der Waals surface area contributed by atoms with E-state index in [0.717, 1.165) is 25.7 Å². The summed E-state index contributed by atoms with van der Waals surface area (Å²) in [5.74, 6) is -1.41. The fourth-order valence-electron chi connectivity index (χ4n) is 3.35. The molecule has 7 nitrogen and oxygen atoms in total. The number of ether oxygens (including phenoxy) is 1. The lowest BCUT2D eigenvalue weighted by Gasteiger charge is -2.33. The van der Waals surface area contributed by atoms with E-state index >= 15 is 0 Å². The zero-order valence-corrected chi connectivity index (χ0v) is 16.6. The molecule has 0 aliphatic heterocycles. The van der Waals surface area contributed by atoms with Crippen molar-refractivity contribution in [3.8, 4) is 0 Å². The van der Waals surface area contributed by atoms with E-state index in [2.05, 4.69) is 5.32 Å². The summed E-state index contributed by atoms with van der Waals surface area (Å²) in [6.07, 6.45) is 5.89. The molecule has 0 spiro atoms. The van der Waals surface area contributed by atoms with Gasteiger partial charge < -0.3 is 19.4 Å². The summed E-state index contributed by atoms with van der Waals surface area (Å²) in [5.41, 5.74) is 0. The first-order valence-electron chi connectivity index (χ1n) is 9.62. The van der Waals surface area contributed by atoms with Gasteiger partial charge in [0.2, 0.25) is 0 Å². The second-order valence-electron chi connectivity index (χ2n) is 7.49. The monoisotopic (exact) mass is 378 g/mol. The Kier molecular flexibility index (Phi) is 7.45. The Balaban J connectivity index is 1.94. The minimum Gasteiger partial charge on any atom is -0.459 e. The van der Waals surface area contributed by atoms with E-state index in [-0.39, 0.29) is 23.6 Å². The second kappa shape index (κ2) is 9.58. The molecule has 2 rings (SSSR count). The van der Waals surface area contributed by atoms with Gasteiger partial charge in [-0.2, -0.15) is 0 Å². The summed E-state index contributed by atoms with van der Waals surface area (Å²) in [6, 6.07) is 2.45. The highest BCUT2D eigenvalue weighted by molar-refractivity contribution is 5.95. The first-order valence-corrected chi connectivity index (χ1v) is 9.62. The predicted octanol–water partition coefficient (Wildman–Crippen LogP) is 2.76. The molecule has 1 saturated carbocycles. The second-order valence-corrected chi connectivity index (χ2v) is 7.49. The summed E-state index contributed by atoms with van der Waals surface area (Å²) < 4.78 is 10.4. The third kappa shape index (κ3) is 5.58. The molecule has 1 heterocycles. The van der Waals surface area contributed by atoms with Crippen LogP contribution in [0.25, 0.3) is 0 Å². The number of hydrogen-bond acceptors (Lipinski definition) is 5. The molecule has 1 aromatic rings. The maximum absolute atomic E-state index is 12.6. The van der Waals surface area contributed by atoms with Gasteiger partial charge in [0.05, 0.1) is 6.26 Å². The van der Waals surface area contributed by atoms with Gasteiger partial charge in [-0.05, 0) is 37.8 Å². The number of furan rings is 1. The summed E-state index contributed by atoms with van der Waals surface area (Å²) in [6.45, 7) is 5.18. The van der Waals surface area contributed by atoms with Crippen molar-refractivity contribution in [3.63, 3.8) is 0 Å². The average Bonchev–Trinajstić information content (AvgIpc) is 3.19. The van der Waals surface area contributed by atoms with Crippen LogP contribution in [0, 0.1) is 5.92 Å². The number of rotatable bonds is 7. The molecule has 0 bridgehead atoms. The highest BCUT2D eigenvalue weighted by Gasteiger charge is 2.32. The van der Waals surface area contributed by atoms with Crippen LogP contribution in [0.4, 0.5) is 0 Å². The lowest BCUT2D eigenvalue weighted by Crippen LogP contribution is -2.49. The Morgan fingerprint density at radius 1 is 1.19 bits per heavy atom. The largest absolute Gasteiger partial charge is 0.459 e. The molecule has 1 aliphatic carbocycles. The van der Waals surface area contributed by atoms with E-state index in [9.17, 15) is 14.4 Å². The maximum atomic E-state index is 12.6. The summed E-state index contributed by atoms with van der Waals surface area (Å²) in [4.78, 5) is 39.1. The lowest BCUT2D eigenvalue weighted by atomic mass is 9.94. The summed E-state index contributed by atoms with van der Waals surface area (Å²) in [5, 5.41) is 2.62. The molecular formula is C20H30N2O5. The molecule has 0 radical (unpaired) electrons. The number of carbonyl (C=O) groups excluding carboxylic acids is 3. The third-order valence-corrected chi connectivity index (χ3v) is 5.06. The van der Waals surface area contributed by atoms with Crippen molar-refractivity contribution in [3.05, 3.63) is 24.2 Å². The number of likely N-dealkylation sites (N-methyl/N-ethyl adjacent to an activating group) is 1. The fourth-order valence-corrected chi connectivity index (χ4v) is 3.35. The normalized spacial score (nSPS) is 17.2. The minimum atomic E-state index is -0.897. The average molecular weight is 378 g/mol. The molecule has 0 saturated heterocycles. The molecule has 1 fully saturated rings. The highest BCUT2D eigenvalue weighted by Crippen LogP contribution is 2.22. The SMILES string of the molecule is CC(C)[C@H](NC(=O)c1ccco1)C(=O)O[C@@H](C)C(=O)N(C)C1CCCCC1. The van der Waals surface area contributed by atoms with Crippen molar-refractivity contribution in [2.45, 2.75) is 71.1 Å². The van der Waals surface area contributed by atoms with Crippen molar-refractivity contribution < 1.29 is 23.5 Å². The topological polar surface area (TPSA) is 88.9 Å². The predicted molar refractivity (Wildman–Crippen MR) is 100.0 cm³/mol. The van der Waals surface area contributed by atoms with Gasteiger partial charge in [-0.15, -0.1) is 0 Å². The molecule has 1 N–H and O–H groups in total.